The van der Waals surface area contributed by atoms with Gasteiger partial charge in [0.1, 0.15) is 6.07 Å². The number of amides is 1. The Balaban J connectivity index is 1.67. The van der Waals surface area contributed by atoms with Gasteiger partial charge in [0.15, 0.2) is 5.60 Å². The summed E-state index contributed by atoms with van der Waals surface area (Å²) in [4.78, 5) is 12.0. The van der Waals surface area contributed by atoms with Gasteiger partial charge in [-0.2, -0.15) is 5.26 Å². The Morgan fingerprint density at radius 3 is 2.11 bits per heavy atom. The summed E-state index contributed by atoms with van der Waals surface area (Å²) in [6.45, 7) is 3.23. The molecule has 4 rings (SSSR count). The van der Waals surface area contributed by atoms with E-state index in [1.807, 2.05) is 6.07 Å². The first kappa shape index (κ1) is 12.8. The van der Waals surface area contributed by atoms with Crippen LogP contribution in [0.1, 0.15) is 52.4 Å². The summed E-state index contributed by atoms with van der Waals surface area (Å²) in [6, 6.07) is 2.00. The van der Waals surface area contributed by atoms with Crippen molar-refractivity contribution >= 4 is 6.09 Å². The van der Waals surface area contributed by atoms with Crippen LogP contribution in [-0.4, -0.2) is 17.2 Å². The van der Waals surface area contributed by atoms with Crippen LogP contribution in [0.4, 0.5) is 4.79 Å². The van der Waals surface area contributed by atoms with Crippen molar-refractivity contribution in [3.63, 3.8) is 0 Å². The third-order valence-electron chi connectivity index (χ3n) is 5.02. The Labute approximate surface area is 114 Å². The number of carbonyl (C=O) groups is 1. The summed E-state index contributed by atoms with van der Waals surface area (Å²) < 4.78 is 5.21. The zero-order valence-electron chi connectivity index (χ0n) is 11.7. The van der Waals surface area contributed by atoms with Crippen LogP contribution in [-0.2, 0) is 4.74 Å². The first-order chi connectivity index (χ1) is 8.90. The monoisotopic (exact) mass is 262 g/mol. The molecule has 4 aliphatic carbocycles. The second-order valence-electron chi connectivity index (χ2n) is 7.33. The summed E-state index contributed by atoms with van der Waals surface area (Å²) in [7, 11) is 0. The quantitative estimate of drug-likeness (QED) is 0.832. The highest BCUT2D eigenvalue weighted by Gasteiger charge is 2.52. The van der Waals surface area contributed by atoms with Gasteiger partial charge in [0.05, 0.1) is 0 Å². The van der Waals surface area contributed by atoms with Gasteiger partial charge >= 0.3 is 6.09 Å². The van der Waals surface area contributed by atoms with Gasteiger partial charge in [-0.25, -0.2) is 4.79 Å². The SMILES string of the molecule is CC(C)(C#N)OC(=O)NC12CC3CC(CC(C3)C1)C2. The zero-order valence-corrected chi connectivity index (χ0v) is 11.7. The maximum Gasteiger partial charge on any atom is 0.409 e. The molecular weight excluding hydrogens is 240 g/mol. The third-order valence-corrected chi connectivity index (χ3v) is 5.02. The molecular formula is C15H22N2O2. The van der Waals surface area contributed by atoms with E-state index in [9.17, 15) is 4.79 Å². The van der Waals surface area contributed by atoms with E-state index in [1.54, 1.807) is 13.8 Å². The number of nitrogens with zero attached hydrogens (tertiary/aromatic N) is 1. The lowest BCUT2D eigenvalue weighted by Crippen LogP contribution is -2.60. The molecule has 0 atom stereocenters. The largest absolute Gasteiger partial charge is 0.428 e. The van der Waals surface area contributed by atoms with Crippen molar-refractivity contribution < 1.29 is 9.53 Å². The van der Waals surface area contributed by atoms with Crippen LogP contribution in [0, 0.1) is 29.1 Å². The Bertz CT molecular complexity index is 401. The minimum absolute atomic E-state index is 0.0443. The van der Waals surface area contributed by atoms with Crippen LogP contribution in [0.15, 0.2) is 0 Å². The van der Waals surface area contributed by atoms with Gasteiger partial charge in [-0.3, -0.25) is 0 Å². The highest BCUT2D eigenvalue weighted by Crippen LogP contribution is 2.55. The van der Waals surface area contributed by atoms with Gasteiger partial charge in [0.2, 0.25) is 0 Å². The molecule has 0 heterocycles. The second-order valence-corrected chi connectivity index (χ2v) is 7.33. The van der Waals surface area contributed by atoms with E-state index in [4.69, 9.17) is 10.00 Å². The maximum absolute atomic E-state index is 12.0. The molecule has 0 aromatic rings. The molecule has 0 spiro atoms. The molecule has 1 N–H and O–H groups in total. The number of nitrogens with one attached hydrogen (secondary N) is 1. The summed E-state index contributed by atoms with van der Waals surface area (Å²) in [5, 5.41) is 12.0. The van der Waals surface area contributed by atoms with E-state index in [2.05, 4.69) is 5.32 Å². The number of rotatable bonds is 2. The number of hydrogen-bond donors (Lipinski definition) is 1. The van der Waals surface area contributed by atoms with Gasteiger partial charge in [-0.05, 0) is 70.1 Å². The standard InChI is InChI=1S/C15H22N2O2/c1-14(2,9-16)19-13(18)17-15-6-10-3-11(7-15)5-12(4-10)8-15/h10-12H,3-8H2,1-2H3,(H,17,18). The van der Waals surface area contributed by atoms with E-state index in [0.29, 0.717) is 0 Å². The predicted octanol–water partition coefficient (Wildman–Crippen LogP) is 2.98. The van der Waals surface area contributed by atoms with Crippen molar-refractivity contribution in [2.45, 2.75) is 63.5 Å². The lowest BCUT2D eigenvalue weighted by molar-refractivity contribution is -0.0239. The fourth-order valence-corrected chi connectivity index (χ4v) is 4.76. The second kappa shape index (κ2) is 4.13. The normalized spacial score (nSPS) is 39.7. The van der Waals surface area contributed by atoms with E-state index in [1.165, 1.54) is 19.3 Å². The number of carbonyl (C=O) groups excluding carboxylic acids is 1. The molecule has 4 nitrogen and oxygen atoms in total. The molecule has 0 unspecified atom stereocenters. The number of hydrogen-bond acceptors (Lipinski definition) is 3. The summed E-state index contributed by atoms with van der Waals surface area (Å²) in [6.07, 6.45) is 6.91. The van der Waals surface area contributed by atoms with Crippen molar-refractivity contribution in [2.24, 2.45) is 17.8 Å². The molecule has 0 saturated heterocycles. The van der Waals surface area contributed by atoms with Crippen LogP contribution in [0.2, 0.25) is 0 Å². The third kappa shape index (κ3) is 2.43. The van der Waals surface area contributed by atoms with Crippen LogP contribution in [0.3, 0.4) is 0 Å². The van der Waals surface area contributed by atoms with Crippen LogP contribution >= 0.6 is 0 Å². The topological polar surface area (TPSA) is 62.1 Å². The van der Waals surface area contributed by atoms with E-state index < -0.39 is 11.7 Å². The van der Waals surface area contributed by atoms with Crippen molar-refractivity contribution in [2.75, 3.05) is 0 Å². The molecule has 0 radical (unpaired) electrons. The predicted molar refractivity (Wildman–Crippen MR) is 70.2 cm³/mol. The Hall–Kier alpha value is -1.24. The van der Waals surface area contributed by atoms with Crippen LogP contribution in [0.25, 0.3) is 0 Å². The molecule has 4 heteroatoms. The zero-order chi connectivity index (χ0) is 13.7. The Morgan fingerprint density at radius 2 is 1.68 bits per heavy atom. The fraction of sp³-hybridized carbons (Fsp3) is 0.867. The molecule has 4 saturated carbocycles. The molecule has 1 amide bonds. The van der Waals surface area contributed by atoms with Crippen LogP contribution in [0.5, 0.6) is 0 Å². The maximum atomic E-state index is 12.0. The molecule has 104 valence electrons. The highest BCUT2D eigenvalue weighted by molar-refractivity contribution is 5.69. The molecule has 0 aliphatic heterocycles. The molecule has 4 fully saturated rings. The lowest BCUT2D eigenvalue weighted by Gasteiger charge is -2.56. The van der Waals surface area contributed by atoms with E-state index >= 15 is 0 Å². The van der Waals surface area contributed by atoms with Crippen molar-refractivity contribution in [3.05, 3.63) is 0 Å². The molecule has 19 heavy (non-hydrogen) atoms. The Kier molecular flexibility index (Phi) is 2.78. The highest BCUT2D eigenvalue weighted by atomic mass is 16.6. The van der Waals surface area contributed by atoms with Crippen LogP contribution < -0.4 is 5.32 Å². The number of ether oxygens (including phenoxy) is 1. The Morgan fingerprint density at radius 1 is 1.21 bits per heavy atom. The minimum atomic E-state index is -1.05. The molecule has 0 aromatic heterocycles. The fourth-order valence-electron chi connectivity index (χ4n) is 4.76. The van der Waals surface area contributed by atoms with Gasteiger partial charge in [0, 0.05) is 5.54 Å². The number of alkyl carbamates (subject to hydrolysis) is 1. The molecule has 4 bridgehead atoms. The summed E-state index contributed by atoms with van der Waals surface area (Å²) >= 11 is 0. The van der Waals surface area contributed by atoms with Gasteiger partial charge in [-0.15, -0.1) is 0 Å². The van der Waals surface area contributed by atoms with Crippen molar-refractivity contribution in [1.29, 1.82) is 5.26 Å². The molecule has 4 aliphatic rings. The van der Waals surface area contributed by atoms with E-state index in [-0.39, 0.29) is 5.54 Å². The van der Waals surface area contributed by atoms with Gasteiger partial charge < -0.3 is 10.1 Å². The molecule has 0 aromatic carbocycles. The lowest BCUT2D eigenvalue weighted by atomic mass is 9.53. The van der Waals surface area contributed by atoms with E-state index in [0.717, 1.165) is 37.0 Å². The number of nitriles is 1. The van der Waals surface area contributed by atoms with Crippen molar-refractivity contribution in [1.82, 2.24) is 5.32 Å². The minimum Gasteiger partial charge on any atom is -0.428 e. The first-order valence-corrected chi connectivity index (χ1v) is 7.32. The van der Waals surface area contributed by atoms with Gasteiger partial charge in [0.25, 0.3) is 0 Å². The van der Waals surface area contributed by atoms with Crippen molar-refractivity contribution in [3.8, 4) is 6.07 Å². The summed E-state index contributed by atoms with van der Waals surface area (Å²) in [5.74, 6) is 2.36. The average Bonchev–Trinajstić information content (AvgIpc) is 2.25. The average molecular weight is 262 g/mol. The van der Waals surface area contributed by atoms with Gasteiger partial charge in [-0.1, -0.05) is 0 Å². The summed E-state index contributed by atoms with van der Waals surface area (Å²) in [5.41, 5.74) is -1.09. The smallest absolute Gasteiger partial charge is 0.409 e. The first-order valence-electron chi connectivity index (χ1n) is 7.32.